The molecule has 29 heavy (non-hydrogen) atoms. The number of rotatable bonds is 6. The summed E-state index contributed by atoms with van der Waals surface area (Å²) in [7, 11) is 0. The van der Waals surface area contributed by atoms with Crippen molar-refractivity contribution in [1.29, 1.82) is 0 Å². The molecule has 162 valence electrons. The molecule has 1 saturated heterocycles. The van der Waals surface area contributed by atoms with Crippen LogP contribution in [0.1, 0.15) is 51.9 Å². The van der Waals surface area contributed by atoms with Gasteiger partial charge in [0.15, 0.2) is 0 Å². The van der Waals surface area contributed by atoms with Crippen LogP contribution in [0.3, 0.4) is 0 Å². The first-order valence-electron chi connectivity index (χ1n) is 11.0. The molecule has 3 aliphatic carbocycles. The summed E-state index contributed by atoms with van der Waals surface area (Å²) in [5.74, 6) is 0.184. The second kappa shape index (κ2) is 8.08. The van der Waals surface area contributed by atoms with Gasteiger partial charge in [0.25, 0.3) is 0 Å². The predicted octanol–water partition coefficient (Wildman–Crippen LogP) is 2.85. The summed E-state index contributed by atoms with van der Waals surface area (Å²) in [6.07, 6.45) is 4.53. The Morgan fingerprint density at radius 1 is 1.17 bits per heavy atom. The Kier molecular flexibility index (Phi) is 5.68. The van der Waals surface area contributed by atoms with Gasteiger partial charge in [-0.2, -0.15) is 0 Å². The lowest BCUT2D eigenvalue weighted by Gasteiger charge is -2.47. The Balaban J connectivity index is 1.83. The SMILES string of the molecule is CCOC1=C(N2CCOCC2)[C@@H]([C@H]2CCC[C@@H]2[N+](=O)[O-])[C@H]2CCC[C@@]2([N+](=O)[O-])C1. The smallest absolute Gasteiger partial charge is 0.232 e. The monoisotopic (exact) mass is 409 g/mol. The lowest BCUT2D eigenvalue weighted by Crippen LogP contribution is -2.55. The molecule has 0 aromatic rings. The molecule has 1 aliphatic heterocycles. The van der Waals surface area contributed by atoms with Crippen LogP contribution in [0, 0.1) is 38.0 Å². The van der Waals surface area contributed by atoms with Crippen LogP contribution in [0.4, 0.5) is 0 Å². The minimum Gasteiger partial charge on any atom is -0.496 e. The maximum absolute atomic E-state index is 12.3. The first-order valence-corrected chi connectivity index (χ1v) is 11.0. The fraction of sp³-hybridized carbons (Fsp3) is 0.900. The third-order valence-corrected chi connectivity index (χ3v) is 7.61. The van der Waals surface area contributed by atoms with E-state index in [4.69, 9.17) is 9.47 Å². The van der Waals surface area contributed by atoms with Crippen LogP contribution in [-0.4, -0.2) is 59.2 Å². The first kappa shape index (κ1) is 20.4. The fourth-order valence-corrected chi connectivity index (χ4v) is 6.49. The van der Waals surface area contributed by atoms with Gasteiger partial charge in [0.2, 0.25) is 11.6 Å². The second-order valence-corrected chi connectivity index (χ2v) is 8.85. The van der Waals surface area contributed by atoms with Crippen LogP contribution in [0.2, 0.25) is 0 Å². The third-order valence-electron chi connectivity index (χ3n) is 7.61. The van der Waals surface area contributed by atoms with Gasteiger partial charge in [0, 0.05) is 53.5 Å². The highest BCUT2D eigenvalue weighted by Crippen LogP contribution is 2.57. The first-order chi connectivity index (χ1) is 14.0. The van der Waals surface area contributed by atoms with Crippen molar-refractivity contribution in [3.63, 3.8) is 0 Å². The lowest BCUT2D eigenvalue weighted by atomic mass is 9.64. The van der Waals surface area contributed by atoms with Gasteiger partial charge in [-0.3, -0.25) is 20.2 Å². The average molecular weight is 409 g/mol. The maximum Gasteiger partial charge on any atom is 0.232 e. The van der Waals surface area contributed by atoms with Gasteiger partial charge in [-0.05, 0) is 32.6 Å². The Labute approximate surface area is 170 Å². The van der Waals surface area contributed by atoms with E-state index in [-0.39, 0.29) is 27.6 Å². The molecule has 9 nitrogen and oxygen atoms in total. The Bertz CT molecular complexity index is 692. The van der Waals surface area contributed by atoms with E-state index >= 15 is 0 Å². The van der Waals surface area contributed by atoms with E-state index in [2.05, 4.69) is 4.90 Å². The molecule has 0 aromatic heterocycles. The largest absolute Gasteiger partial charge is 0.496 e. The molecule has 0 bridgehead atoms. The molecule has 0 spiro atoms. The quantitative estimate of drug-likeness (QED) is 0.490. The van der Waals surface area contributed by atoms with Crippen molar-refractivity contribution in [3.8, 4) is 0 Å². The summed E-state index contributed by atoms with van der Waals surface area (Å²) in [5, 5.41) is 24.2. The number of fused-ring (bicyclic) bond motifs is 1. The zero-order chi connectivity index (χ0) is 20.6. The molecule has 0 unspecified atom stereocenters. The van der Waals surface area contributed by atoms with E-state index in [1.807, 2.05) is 6.92 Å². The molecule has 1 heterocycles. The number of nitro groups is 2. The normalized spacial score (nSPS) is 37.5. The zero-order valence-corrected chi connectivity index (χ0v) is 17.1. The van der Waals surface area contributed by atoms with E-state index in [1.54, 1.807) is 0 Å². The van der Waals surface area contributed by atoms with Crippen LogP contribution in [0.5, 0.6) is 0 Å². The molecule has 0 aromatic carbocycles. The number of morpholine rings is 1. The highest BCUT2D eigenvalue weighted by Gasteiger charge is 2.64. The number of allylic oxidation sites excluding steroid dienone is 1. The number of nitrogens with zero attached hydrogens (tertiary/aromatic N) is 3. The van der Waals surface area contributed by atoms with Gasteiger partial charge in [0.1, 0.15) is 5.76 Å². The highest BCUT2D eigenvalue weighted by atomic mass is 16.6. The van der Waals surface area contributed by atoms with E-state index in [9.17, 15) is 20.2 Å². The van der Waals surface area contributed by atoms with Crippen molar-refractivity contribution in [2.75, 3.05) is 32.9 Å². The number of ether oxygens (including phenoxy) is 2. The second-order valence-electron chi connectivity index (χ2n) is 8.85. The van der Waals surface area contributed by atoms with Crippen molar-refractivity contribution >= 4 is 0 Å². The fourth-order valence-electron chi connectivity index (χ4n) is 6.49. The summed E-state index contributed by atoms with van der Waals surface area (Å²) in [5.41, 5.74) is -0.0346. The van der Waals surface area contributed by atoms with Gasteiger partial charge in [-0.1, -0.05) is 0 Å². The Morgan fingerprint density at radius 3 is 2.59 bits per heavy atom. The molecule has 5 atom stereocenters. The van der Waals surface area contributed by atoms with Crippen LogP contribution in [-0.2, 0) is 9.47 Å². The molecule has 2 saturated carbocycles. The van der Waals surface area contributed by atoms with Crippen LogP contribution < -0.4 is 0 Å². The third kappa shape index (κ3) is 3.37. The van der Waals surface area contributed by atoms with Gasteiger partial charge < -0.3 is 14.4 Å². The van der Waals surface area contributed by atoms with Crippen molar-refractivity contribution in [3.05, 3.63) is 31.7 Å². The molecule has 9 heteroatoms. The molecule has 3 fully saturated rings. The molecule has 4 rings (SSSR count). The molecule has 0 N–H and O–H groups in total. The molecule has 4 aliphatic rings. The Hall–Kier alpha value is -1.90. The molecular formula is C20H31N3O6. The summed E-state index contributed by atoms with van der Waals surface area (Å²) in [6, 6.07) is -0.623. The molecular weight excluding hydrogens is 378 g/mol. The predicted molar refractivity (Wildman–Crippen MR) is 104 cm³/mol. The number of hydrogen-bond donors (Lipinski definition) is 0. The summed E-state index contributed by atoms with van der Waals surface area (Å²) >= 11 is 0. The van der Waals surface area contributed by atoms with E-state index < -0.39 is 11.6 Å². The average Bonchev–Trinajstić information content (AvgIpc) is 3.35. The van der Waals surface area contributed by atoms with Gasteiger partial charge in [-0.15, -0.1) is 0 Å². The van der Waals surface area contributed by atoms with Gasteiger partial charge in [-0.25, -0.2) is 0 Å². The topological polar surface area (TPSA) is 108 Å². The van der Waals surface area contributed by atoms with E-state index in [0.29, 0.717) is 57.9 Å². The van der Waals surface area contributed by atoms with Crippen molar-refractivity contribution < 1.29 is 19.3 Å². The Morgan fingerprint density at radius 2 is 1.93 bits per heavy atom. The van der Waals surface area contributed by atoms with Gasteiger partial charge in [0.05, 0.1) is 31.9 Å². The van der Waals surface area contributed by atoms with E-state index in [1.165, 1.54) is 0 Å². The minimum absolute atomic E-state index is 0.0943. The van der Waals surface area contributed by atoms with Crippen molar-refractivity contribution in [1.82, 2.24) is 4.90 Å². The molecule has 0 amide bonds. The van der Waals surface area contributed by atoms with Crippen LogP contribution >= 0.6 is 0 Å². The maximum atomic E-state index is 12.3. The summed E-state index contributed by atoms with van der Waals surface area (Å²) < 4.78 is 11.6. The summed E-state index contributed by atoms with van der Waals surface area (Å²) in [6.45, 7) is 4.95. The zero-order valence-electron chi connectivity index (χ0n) is 17.1. The minimum atomic E-state index is -1.05. The lowest BCUT2D eigenvalue weighted by molar-refractivity contribution is -0.583. The standard InChI is InChI=1S/C20H31N3O6/c1-2-29-17-13-20(23(26)27)8-4-6-15(20)18(14-5-3-7-16(14)22(24)25)19(17)21-9-11-28-12-10-21/h14-16,18H,2-13H2,1H3/t14-,15+,16-,18-,20+/m0/s1. The van der Waals surface area contributed by atoms with Gasteiger partial charge >= 0.3 is 0 Å². The summed E-state index contributed by atoms with van der Waals surface area (Å²) in [4.78, 5) is 26.2. The molecule has 0 radical (unpaired) electrons. The van der Waals surface area contributed by atoms with Crippen molar-refractivity contribution in [2.24, 2.45) is 17.8 Å². The van der Waals surface area contributed by atoms with E-state index in [0.717, 1.165) is 31.4 Å². The van der Waals surface area contributed by atoms with Crippen molar-refractivity contribution in [2.45, 2.75) is 63.5 Å². The van der Waals surface area contributed by atoms with Crippen LogP contribution in [0.25, 0.3) is 0 Å². The van der Waals surface area contributed by atoms with Crippen LogP contribution in [0.15, 0.2) is 11.5 Å². The highest BCUT2D eigenvalue weighted by molar-refractivity contribution is 5.25. The number of hydrogen-bond acceptors (Lipinski definition) is 7.